The Morgan fingerprint density at radius 1 is 0.949 bits per heavy atom. The fourth-order valence-corrected chi connectivity index (χ4v) is 3.50. The minimum atomic E-state index is -0.654. The predicted molar refractivity (Wildman–Crippen MR) is 144 cm³/mol. The van der Waals surface area contributed by atoms with Crippen LogP contribution in [0.5, 0.6) is 0 Å². The second-order valence-corrected chi connectivity index (χ2v) is 8.80. The lowest BCUT2D eigenvalue weighted by atomic mass is 10.2. The highest BCUT2D eigenvalue weighted by molar-refractivity contribution is 6.43. The highest BCUT2D eigenvalue weighted by Gasteiger charge is 2.22. The van der Waals surface area contributed by atoms with Crippen molar-refractivity contribution in [1.29, 1.82) is 0 Å². The molecule has 16 heteroatoms. The summed E-state index contributed by atoms with van der Waals surface area (Å²) in [4.78, 5) is 55.5. The zero-order valence-electron chi connectivity index (χ0n) is 21.2. The molecule has 0 aliphatic rings. The van der Waals surface area contributed by atoms with Crippen molar-refractivity contribution >= 4 is 58.3 Å². The number of H-pyrrole nitrogens is 3. The molecule has 10 N–H and O–H groups in total. The lowest BCUT2D eigenvalue weighted by Crippen LogP contribution is -2.28. The van der Waals surface area contributed by atoms with Crippen molar-refractivity contribution in [2.75, 3.05) is 22.5 Å². The fourth-order valence-electron chi connectivity index (χ4n) is 3.45. The van der Waals surface area contributed by atoms with E-state index in [2.05, 4.69) is 53.2 Å². The second-order valence-electron chi connectivity index (χ2n) is 8.34. The number of amides is 4. The van der Waals surface area contributed by atoms with Crippen molar-refractivity contribution in [3.8, 4) is 0 Å². The maximum Gasteiger partial charge on any atom is 0.274 e. The number of hydrogen-bond donors (Lipinski definition) is 9. The summed E-state index contributed by atoms with van der Waals surface area (Å²) in [6.45, 7) is 8.37. The van der Waals surface area contributed by atoms with E-state index in [1.54, 1.807) is 20.8 Å². The number of oxime groups is 1. The maximum absolute atomic E-state index is 12.9. The van der Waals surface area contributed by atoms with E-state index in [1.165, 1.54) is 12.4 Å². The molecule has 0 aliphatic carbocycles. The zero-order valence-corrected chi connectivity index (χ0v) is 22.0. The predicted octanol–water partition coefficient (Wildman–Crippen LogP) is 2.05. The van der Waals surface area contributed by atoms with E-state index in [0.29, 0.717) is 28.1 Å². The van der Waals surface area contributed by atoms with Gasteiger partial charge in [-0.05, 0) is 20.8 Å². The van der Waals surface area contributed by atoms with E-state index in [1.807, 2.05) is 0 Å². The van der Waals surface area contributed by atoms with Crippen LogP contribution in [-0.2, 0) is 4.79 Å². The molecule has 0 atom stereocenters. The van der Waals surface area contributed by atoms with Crippen LogP contribution in [0.15, 0.2) is 29.2 Å². The van der Waals surface area contributed by atoms with Gasteiger partial charge in [-0.25, -0.2) is 0 Å². The summed E-state index contributed by atoms with van der Waals surface area (Å²) < 4.78 is 0. The highest BCUT2D eigenvalue weighted by atomic mass is 35.5. The molecule has 4 amide bonds. The third-order valence-electron chi connectivity index (χ3n) is 5.74. The van der Waals surface area contributed by atoms with E-state index in [0.717, 1.165) is 0 Å². The lowest BCUT2D eigenvalue weighted by molar-refractivity contribution is -0.112. The van der Waals surface area contributed by atoms with Crippen LogP contribution < -0.4 is 27.0 Å². The largest absolute Gasteiger partial charge is 0.409 e. The molecular formula is C23H27ClN10O5. The molecule has 0 bridgehead atoms. The van der Waals surface area contributed by atoms with Crippen LogP contribution in [0.3, 0.4) is 0 Å². The molecule has 0 aromatic carbocycles. The monoisotopic (exact) mass is 558 g/mol. The van der Waals surface area contributed by atoms with E-state index >= 15 is 0 Å². The Morgan fingerprint density at radius 2 is 1.49 bits per heavy atom. The number of hydrogen-bond acceptors (Lipinski definition) is 7. The quantitative estimate of drug-likeness (QED) is 0.0589. The standard InChI is InChI=1S/C23H27ClN10O5/c1-9-13(7-27-16(9)21(36)26-6-5-15(25)34-39)29-22(37)17-10(2)14(8-28-17)30-23(38)18-11(3)19(33-32-18)31-20(35)12(4)24/h7-8,27-28,39H,4-6H2,1-3H3,(H2,25,34)(H,26,36)(H,29,37)(H,30,38)(H2,31,32,33,35). The molecule has 206 valence electrons. The Hall–Kier alpha value is -5.05. The molecule has 3 heterocycles. The first-order valence-electron chi connectivity index (χ1n) is 11.4. The lowest BCUT2D eigenvalue weighted by Gasteiger charge is -2.07. The van der Waals surface area contributed by atoms with Gasteiger partial charge in [0.25, 0.3) is 23.6 Å². The Balaban J connectivity index is 1.66. The minimum Gasteiger partial charge on any atom is -0.409 e. The minimum absolute atomic E-state index is 0.0184. The molecule has 3 aromatic heterocycles. The number of rotatable bonds is 10. The van der Waals surface area contributed by atoms with Crippen molar-refractivity contribution in [1.82, 2.24) is 25.5 Å². The summed E-state index contributed by atoms with van der Waals surface area (Å²) in [7, 11) is 0. The van der Waals surface area contributed by atoms with Crippen molar-refractivity contribution in [2.24, 2.45) is 10.9 Å². The molecular weight excluding hydrogens is 532 g/mol. The van der Waals surface area contributed by atoms with Crippen molar-refractivity contribution in [3.63, 3.8) is 0 Å². The van der Waals surface area contributed by atoms with Crippen LogP contribution in [0.25, 0.3) is 0 Å². The molecule has 3 aromatic rings. The number of carbonyl (C=O) groups is 4. The second kappa shape index (κ2) is 12.0. The number of nitrogens with one attached hydrogen (secondary N) is 7. The fraction of sp³-hybridized carbons (Fsp3) is 0.217. The topological polar surface area (TPSA) is 235 Å². The molecule has 0 aliphatic heterocycles. The van der Waals surface area contributed by atoms with Gasteiger partial charge in [0.2, 0.25) is 0 Å². The van der Waals surface area contributed by atoms with Gasteiger partial charge < -0.3 is 42.2 Å². The number of carbonyl (C=O) groups excluding carboxylic acids is 4. The van der Waals surface area contributed by atoms with Gasteiger partial charge >= 0.3 is 0 Å². The van der Waals surface area contributed by atoms with Gasteiger partial charge in [0.15, 0.2) is 5.82 Å². The van der Waals surface area contributed by atoms with Gasteiger partial charge in [0.1, 0.15) is 22.9 Å². The molecule has 0 spiro atoms. The Morgan fingerprint density at radius 3 is 2.03 bits per heavy atom. The molecule has 15 nitrogen and oxygen atoms in total. The van der Waals surface area contributed by atoms with E-state index in [9.17, 15) is 19.2 Å². The number of nitrogens with zero attached hydrogens (tertiary/aromatic N) is 2. The van der Waals surface area contributed by atoms with Crippen LogP contribution in [0.4, 0.5) is 17.2 Å². The normalized spacial score (nSPS) is 11.1. The molecule has 39 heavy (non-hydrogen) atoms. The van der Waals surface area contributed by atoms with Gasteiger partial charge in [0.05, 0.1) is 16.4 Å². The maximum atomic E-state index is 12.9. The van der Waals surface area contributed by atoms with Crippen LogP contribution in [0.1, 0.15) is 54.6 Å². The third-order valence-corrected chi connectivity index (χ3v) is 5.91. The van der Waals surface area contributed by atoms with Gasteiger partial charge in [-0.2, -0.15) is 5.10 Å². The smallest absolute Gasteiger partial charge is 0.274 e. The Kier molecular flexibility index (Phi) is 8.77. The van der Waals surface area contributed by atoms with Crippen molar-refractivity contribution in [2.45, 2.75) is 27.2 Å². The van der Waals surface area contributed by atoms with Crippen LogP contribution in [-0.4, -0.2) is 61.4 Å². The molecule has 3 rings (SSSR count). The summed E-state index contributed by atoms with van der Waals surface area (Å²) in [6.07, 6.45) is 3.10. The van der Waals surface area contributed by atoms with Crippen LogP contribution in [0.2, 0.25) is 0 Å². The summed E-state index contributed by atoms with van der Waals surface area (Å²) in [6, 6.07) is 0. The first-order chi connectivity index (χ1) is 18.4. The van der Waals surface area contributed by atoms with Gasteiger partial charge in [-0.1, -0.05) is 23.3 Å². The number of anilines is 3. The first-order valence-corrected chi connectivity index (χ1v) is 11.8. The number of aromatic nitrogens is 4. The van der Waals surface area contributed by atoms with Crippen LogP contribution in [0, 0.1) is 20.8 Å². The van der Waals surface area contributed by atoms with E-state index in [4.69, 9.17) is 22.5 Å². The molecule has 0 fully saturated rings. The molecule has 0 saturated heterocycles. The Bertz CT molecular complexity index is 1480. The number of aromatic amines is 3. The SMILES string of the molecule is C=C(Cl)C(=O)Nc1n[nH]c(C(=O)Nc2c[nH]c(C(=O)Nc3c[nH]c(C(=O)NCCC(N)=NO)c3C)c2C)c1C. The molecule has 0 unspecified atom stereocenters. The number of nitrogens with two attached hydrogens (primary N) is 1. The van der Waals surface area contributed by atoms with E-state index in [-0.39, 0.29) is 46.7 Å². The highest BCUT2D eigenvalue weighted by Crippen LogP contribution is 2.24. The summed E-state index contributed by atoms with van der Waals surface area (Å²) in [5.41, 5.74) is 7.95. The van der Waals surface area contributed by atoms with Gasteiger partial charge in [-0.3, -0.25) is 24.3 Å². The van der Waals surface area contributed by atoms with Crippen molar-refractivity contribution in [3.05, 3.63) is 57.8 Å². The summed E-state index contributed by atoms with van der Waals surface area (Å²) in [5, 5.41) is 28.1. The Labute approximate surface area is 226 Å². The first kappa shape index (κ1) is 28.5. The number of amidine groups is 1. The summed E-state index contributed by atoms with van der Waals surface area (Å²) in [5.74, 6) is -2.03. The molecule has 0 radical (unpaired) electrons. The third kappa shape index (κ3) is 6.45. The summed E-state index contributed by atoms with van der Waals surface area (Å²) >= 11 is 5.57. The molecule has 0 saturated carbocycles. The van der Waals surface area contributed by atoms with Crippen LogP contribution >= 0.6 is 11.6 Å². The van der Waals surface area contributed by atoms with Gasteiger partial charge in [0, 0.05) is 42.0 Å². The average Bonchev–Trinajstić information content (AvgIpc) is 3.56. The van der Waals surface area contributed by atoms with Gasteiger partial charge in [-0.15, -0.1) is 0 Å². The average molecular weight is 559 g/mol. The zero-order chi connectivity index (χ0) is 28.9. The van der Waals surface area contributed by atoms with Crippen molar-refractivity contribution < 1.29 is 24.4 Å². The van der Waals surface area contributed by atoms with E-state index < -0.39 is 23.6 Å². The number of halogens is 1.